The molecule has 4 rings (SSSR count). The molecule has 1 saturated carbocycles. The zero-order valence-corrected chi connectivity index (χ0v) is 15.7. The summed E-state index contributed by atoms with van der Waals surface area (Å²) < 4.78 is 1.76. The van der Waals surface area contributed by atoms with Gasteiger partial charge in [-0.3, -0.25) is 4.79 Å². The van der Waals surface area contributed by atoms with Crippen LogP contribution in [0, 0.1) is 6.92 Å². The van der Waals surface area contributed by atoms with Crippen LogP contribution in [-0.4, -0.2) is 21.7 Å². The van der Waals surface area contributed by atoms with E-state index in [9.17, 15) is 4.79 Å². The molecular formula is C23H25N3O. The number of rotatable bonds is 4. The molecule has 0 radical (unpaired) electrons. The van der Waals surface area contributed by atoms with Gasteiger partial charge in [0.1, 0.15) is 5.69 Å². The summed E-state index contributed by atoms with van der Waals surface area (Å²) in [6, 6.07) is 20.3. The van der Waals surface area contributed by atoms with Crippen LogP contribution < -0.4 is 5.32 Å². The molecule has 1 heterocycles. The van der Waals surface area contributed by atoms with Crippen LogP contribution in [0.5, 0.6) is 0 Å². The fourth-order valence-corrected chi connectivity index (χ4v) is 3.68. The highest BCUT2D eigenvalue weighted by atomic mass is 16.2. The number of aryl methyl sites for hydroxylation is 1. The zero-order valence-electron chi connectivity index (χ0n) is 15.7. The van der Waals surface area contributed by atoms with Crippen molar-refractivity contribution in [3.8, 4) is 16.9 Å². The van der Waals surface area contributed by atoms with Crippen molar-refractivity contribution in [2.75, 3.05) is 0 Å². The average Bonchev–Trinajstić information content (AvgIpc) is 3.16. The second-order valence-electron chi connectivity index (χ2n) is 7.34. The Morgan fingerprint density at radius 2 is 1.70 bits per heavy atom. The Kier molecular flexibility index (Phi) is 5.05. The van der Waals surface area contributed by atoms with Crippen molar-refractivity contribution in [1.29, 1.82) is 0 Å². The van der Waals surface area contributed by atoms with Gasteiger partial charge in [-0.15, -0.1) is 0 Å². The van der Waals surface area contributed by atoms with Gasteiger partial charge in [0.2, 0.25) is 0 Å². The third-order valence-electron chi connectivity index (χ3n) is 5.23. The zero-order chi connectivity index (χ0) is 18.6. The van der Waals surface area contributed by atoms with E-state index in [1.54, 1.807) is 4.68 Å². The van der Waals surface area contributed by atoms with Gasteiger partial charge in [-0.25, -0.2) is 4.68 Å². The van der Waals surface area contributed by atoms with Crippen LogP contribution in [0.15, 0.2) is 60.7 Å². The minimum atomic E-state index is -0.0443. The molecule has 27 heavy (non-hydrogen) atoms. The maximum absolute atomic E-state index is 13.0. The molecule has 0 spiro atoms. The first-order chi connectivity index (χ1) is 13.2. The maximum Gasteiger partial charge on any atom is 0.270 e. The highest BCUT2D eigenvalue weighted by Gasteiger charge is 2.21. The molecule has 0 unspecified atom stereocenters. The summed E-state index contributed by atoms with van der Waals surface area (Å²) in [5.41, 5.74) is 4.49. The van der Waals surface area contributed by atoms with Crippen molar-refractivity contribution in [3.05, 3.63) is 71.9 Å². The van der Waals surface area contributed by atoms with Crippen molar-refractivity contribution in [2.24, 2.45) is 0 Å². The molecule has 0 bridgehead atoms. The number of aromatic nitrogens is 2. The summed E-state index contributed by atoms with van der Waals surface area (Å²) in [4.78, 5) is 13.0. The van der Waals surface area contributed by atoms with E-state index >= 15 is 0 Å². The van der Waals surface area contributed by atoms with Gasteiger partial charge in [0.25, 0.3) is 5.91 Å². The highest BCUT2D eigenvalue weighted by molar-refractivity contribution is 5.94. The van der Waals surface area contributed by atoms with Crippen molar-refractivity contribution in [1.82, 2.24) is 15.1 Å². The molecular weight excluding hydrogens is 334 g/mol. The number of nitrogens with one attached hydrogen (secondary N) is 1. The van der Waals surface area contributed by atoms with Crippen LogP contribution in [0.3, 0.4) is 0 Å². The number of amides is 1. The number of benzene rings is 2. The third kappa shape index (κ3) is 3.95. The van der Waals surface area contributed by atoms with Crippen LogP contribution in [-0.2, 0) is 0 Å². The van der Waals surface area contributed by atoms with Crippen LogP contribution in [0.2, 0.25) is 0 Å². The fourth-order valence-electron chi connectivity index (χ4n) is 3.68. The van der Waals surface area contributed by atoms with Crippen molar-refractivity contribution in [3.63, 3.8) is 0 Å². The smallest absolute Gasteiger partial charge is 0.270 e. The molecule has 1 aromatic heterocycles. The predicted molar refractivity (Wildman–Crippen MR) is 108 cm³/mol. The summed E-state index contributed by atoms with van der Waals surface area (Å²) in [6.07, 6.45) is 5.78. The first-order valence-corrected chi connectivity index (χ1v) is 9.74. The average molecular weight is 359 g/mol. The Hall–Kier alpha value is -2.88. The standard InChI is InChI=1S/C23H25N3O/c1-17-12-14-20(15-13-17)26-22(23(27)24-19-10-6-3-7-11-19)16-21(25-26)18-8-4-2-5-9-18/h2,4-5,8-9,12-16,19H,3,6-7,10-11H2,1H3,(H,24,27). The monoisotopic (exact) mass is 359 g/mol. The molecule has 1 aliphatic rings. The second-order valence-corrected chi connectivity index (χ2v) is 7.34. The van der Waals surface area contributed by atoms with E-state index in [-0.39, 0.29) is 11.9 Å². The molecule has 4 heteroatoms. The Labute approximate surface area is 160 Å². The van der Waals surface area contributed by atoms with Gasteiger partial charge in [-0.2, -0.15) is 5.10 Å². The first kappa shape index (κ1) is 17.5. The number of hydrogen-bond donors (Lipinski definition) is 1. The van der Waals surface area contributed by atoms with Crippen molar-refractivity contribution >= 4 is 5.91 Å². The fraction of sp³-hybridized carbons (Fsp3) is 0.304. The minimum absolute atomic E-state index is 0.0443. The van der Waals surface area contributed by atoms with E-state index in [0.717, 1.165) is 29.8 Å². The normalized spacial score (nSPS) is 14.9. The van der Waals surface area contributed by atoms with Gasteiger partial charge in [-0.1, -0.05) is 67.3 Å². The quantitative estimate of drug-likeness (QED) is 0.719. The molecule has 1 N–H and O–H groups in total. The number of carbonyl (C=O) groups is 1. The van der Waals surface area contributed by atoms with E-state index < -0.39 is 0 Å². The molecule has 0 saturated heterocycles. The summed E-state index contributed by atoms with van der Waals surface area (Å²) in [6.45, 7) is 2.05. The molecule has 1 amide bonds. The van der Waals surface area contributed by atoms with Gasteiger partial charge < -0.3 is 5.32 Å². The Bertz CT molecular complexity index is 907. The molecule has 3 aromatic rings. The van der Waals surface area contributed by atoms with Crippen LogP contribution in [0.25, 0.3) is 16.9 Å². The number of nitrogens with zero attached hydrogens (tertiary/aromatic N) is 2. The lowest BCUT2D eigenvalue weighted by molar-refractivity contribution is 0.0920. The summed E-state index contributed by atoms with van der Waals surface area (Å²) in [5, 5.41) is 7.97. The largest absolute Gasteiger partial charge is 0.348 e. The summed E-state index contributed by atoms with van der Waals surface area (Å²) >= 11 is 0. The van der Waals surface area contributed by atoms with Crippen molar-refractivity contribution in [2.45, 2.75) is 45.1 Å². The first-order valence-electron chi connectivity index (χ1n) is 9.74. The van der Waals surface area contributed by atoms with E-state index in [4.69, 9.17) is 5.10 Å². The molecule has 2 aromatic carbocycles. The van der Waals surface area contributed by atoms with Gasteiger partial charge in [-0.05, 0) is 38.0 Å². The topological polar surface area (TPSA) is 46.9 Å². The SMILES string of the molecule is Cc1ccc(-n2nc(-c3ccccc3)cc2C(=O)NC2CCCCC2)cc1. The Morgan fingerprint density at radius 3 is 2.41 bits per heavy atom. The maximum atomic E-state index is 13.0. The lowest BCUT2D eigenvalue weighted by Crippen LogP contribution is -2.37. The van der Waals surface area contributed by atoms with E-state index in [1.807, 2.05) is 60.7 Å². The molecule has 0 atom stereocenters. The second kappa shape index (κ2) is 7.78. The van der Waals surface area contributed by atoms with E-state index in [0.29, 0.717) is 5.69 Å². The molecule has 4 nitrogen and oxygen atoms in total. The number of carbonyl (C=O) groups excluding carboxylic acids is 1. The van der Waals surface area contributed by atoms with Crippen LogP contribution >= 0.6 is 0 Å². The molecule has 1 aliphatic carbocycles. The highest BCUT2D eigenvalue weighted by Crippen LogP contribution is 2.23. The van der Waals surface area contributed by atoms with Gasteiger partial charge in [0.15, 0.2) is 0 Å². The Balaban J connectivity index is 1.70. The van der Waals surface area contributed by atoms with E-state index in [2.05, 4.69) is 12.2 Å². The minimum Gasteiger partial charge on any atom is -0.348 e. The third-order valence-corrected chi connectivity index (χ3v) is 5.23. The van der Waals surface area contributed by atoms with Crippen LogP contribution in [0.4, 0.5) is 0 Å². The lowest BCUT2D eigenvalue weighted by atomic mass is 9.95. The number of hydrogen-bond acceptors (Lipinski definition) is 2. The van der Waals surface area contributed by atoms with Gasteiger partial charge >= 0.3 is 0 Å². The van der Waals surface area contributed by atoms with E-state index in [1.165, 1.54) is 24.8 Å². The molecule has 1 fully saturated rings. The predicted octanol–water partition coefficient (Wildman–Crippen LogP) is 4.91. The van der Waals surface area contributed by atoms with Crippen LogP contribution in [0.1, 0.15) is 48.2 Å². The lowest BCUT2D eigenvalue weighted by Gasteiger charge is -2.22. The molecule has 0 aliphatic heterocycles. The van der Waals surface area contributed by atoms with Gasteiger partial charge in [0.05, 0.1) is 11.4 Å². The van der Waals surface area contributed by atoms with Crippen molar-refractivity contribution < 1.29 is 4.79 Å². The summed E-state index contributed by atoms with van der Waals surface area (Å²) in [5.74, 6) is -0.0443. The Morgan fingerprint density at radius 1 is 1.00 bits per heavy atom. The molecule has 138 valence electrons. The van der Waals surface area contributed by atoms with Gasteiger partial charge in [0, 0.05) is 11.6 Å². The summed E-state index contributed by atoms with van der Waals surface area (Å²) in [7, 11) is 0.